The molecule has 0 bridgehead atoms. The van der Waals surface area contributed by atoms with Crippen LogP contribution in [0.4, 0.5) is 17.3 Å². The number of nitrogens with zero attached hydrogens (tertiary/aromatic N) is 6. The predicted octanol–water partition coefficient (Wildman–Crippen LogP) is 4.96. The molecule has 0 unspecified atom stereocenters. The first-order valence-corrected chi connectivity index (χ1v) is 13.1. The third-order valence-corrected chi connectivity index (χ3v) is 6.89. The van der Waals surface area contributed by atoms with Crippen LogP contribution in [-0.4, -0.2) is 55.3 Å². The lowest BCUT2D eigenvalue weighted by Gasteiger charge is -2.15. The summed E-state index contributed by atoms with van der Waals surface area (Å²) in [6.45, 7) is 4.77. The average Bonchev–Trinajstić information content (AvgIpc) is 3.70. The number of rotatable bonds is 10. The molecule has 4 heterocycles. The molecule has 2 N–H and O–H groups in total. The Kier molecular flexibility index (Phi) is 6.91. The van der Waals surface area contributed by atoms with Gasteiger partial charge in [-0.15, -0.1) is 5.10 Å². The fourth-order valence-corrected chi connectivity index (χ4v) is 4.78. The third kappa shape index (κ3) is 5.47. The molecule has 38 heavy (non-hydrogen) atoms. The second-order valence-electron chi connectivity index (χ2n) is 9.59. The van der Waals surface area contributed by atoms with E-state index >= 15 is 0 Å². The van der Waals surface area contributed by atoms with Crippen molar-refractivity contribution in [1.82, 2.24) is 29.0 Å². The van der Waals surface area contributed by atoms with Crippen molar-refractivity contribution < 1.29 is 4.74 Å². The highest BCUT2D eigenvalue weighted by atomic mass is 16.5. The first-order valence-electron chi connectivity index (χ1n) is 13.1. The number of likely N-dealkylation sites (tertiary alicyclic amines) is 1. The van der Waals surface area contributed by atoms with E-state index in [1.807, 2.05) is 71.1 Å². The van der Waals surface area contributed by atoms with Gasteiger partial charge in [0, 0.05) is 36.7 Å². The highest BCUT2D eigenvalue weighted by molar-refractivity contribution is 5.68. The van der Waals surface area contributed by atoms with Gasteiger partial charge >= 0.3 is 0 Å². The molecular weight excluding hydrogens is 476 g/mol. The van der Waals surface area contributed by atoms with Gasteiger partial charge in [-0.25, -0.2) is 9.50 Å². The van der Waals surface area contributed by atoms with Gasteiger partial charge in [-0.2, -0.15) is 4.98 Å². The van der Waals surface area contributed by atoms with E-state index in [-0.39, 0.29) is 0 Å². The largest absolute Gasteiger partial charge is 0.492 e. The maximum absolute atomic E-state index is 5.93. The highest BCUT2D eigenvalue weighted by Crippen LogP contribution is 2.25. The maximum Gasteiger partial charge on any atom is 0.247 e. The lowest BCUT2D eigenvalue weighted by Crippen LogP contribution is -2.25. The molecule has 0 amide bonds. The van der Waals surface area contributed by atoms with Crippen LogP contribution < -0.4 is 15.4 Å². The van der Waals surface area contributed by atoms with Gasteiger partial charge in [-0.05, 0) is 74.5 Å². The summed E-state index contributed by atoms with van der Waals surface area (Å²) in [5.41, 5.74) is 5.86. The number of nitrogens with one attached hydrogen (secondary N) is 2. The molecule has 0 atom stereocenters. The third-order valence-electron chi connectivity index (χ3n) is 6.89. The first-order chi connectivity index (χ1) is 18.7. The molecule has 0 radical (unpaired) electrons. The van der Waals surface area contributed by atoms with Gasteiger partial charge in [0.2, 0.25) is 5.95 Å². The maximum atomic E-state index is 5.93. The Balaban J connectivity index is 1.13. The average molecular weight is 509 g/mol. The van der Waals surface area contributed by atoms with Crippen molar-refractivity contribution in [3.63, 3.8) is 0 Å². The van der Waals surface area contributed by atoms with Crippen LogP contribution in [-0.2, 0) is 13.6 Å². The van der Waals surface area contributed by atoms with Gasteiger partial charge in [0.25, 0.3) is 0 Å². The topological polar surface area (TPSA) is 84.5 Å². The van der Waals surface area contributed by atoms with E-state index in [1.54, 1.807) is 0 Å². The van der Waals surface area contributed by atoms with Crippen LogP contribution >= 0.6 is 0 Å². The smallest absolute Gasteiger partial charge is 0.247 e. The molecular formula is C29H32N8O. The second-order valence-corrected chi connectivity index (χ2v) is 9.59. The van der Waals surface area contributed by atoms with Crippen molar-refractivity contribution in [2.24, 2.45) is 7.05 Å². The van der Waals surface area contributed by atoms with E-state index < -0.39 is 0 Å². The SMILES string of the molecule is Cn1cncc1CNc1cccc(-c2cccc3nc(Nc4ccc(OCCN5CCCC5)cc4)nn23)c1. The zero-order chi connectivity index (χ0) is 25.7. The van der Waals surface area contributed by atoms with Crippen LogP contribution in [0.2, 0.25) is 0 Å². The lowest BCUT2D eigenvalue weighted by molar-refractivity contribution is 0.238. The molecule has 0 saturated carbocycles. The van der Waals surface area contributed by atoms with E-state index in [2.05, 4.69) is 44.8 Å². The van der Waals surface area contributed by atoms with Crippen molar-refractivity contribution in [2.45, 2.75) is 19.4 Å². The molecule has 1 fully saturated rings. The number of hydrogen-bond acceptors (Lipinski definition) is 7. The van der Waals surface area contributed by atoms with Crippen LogP contribution in [0.15, 0.2) is 79.3 Å². The molecule has 5 aromatic rings. The fourth-order valence-electron chi connectivity index (χ4n) is 4.78. The zero-order valence-corrected chi connectivity index (χ0v) is 21.5. The molecule has 3 aromatic heterocycles. The van der Waals surface area contributed by atoms with E-state index in [9.17, 15) is 0 Å². The van der Waals surface area contributed by atoms with E-state index in [4.69, 9.17) is 14.8 Å². The lowest BCUT2D eigenvalue weighted by atomic mass is 10.1. The van der Waals surface area contributed by atoms with Crippen LogP contribution in [0, 0.1) is 0 Å². The summed E-state index contributed by atoms with van der Waals surface area (Å²) >= 11 is 0. The number of imidazole rings is 1. The number of anilines is 3. The number of benzene rings is 2. The van der Waals surface area contributed by atoms with Gasteiger partial charge in [-0.1, -0.05) is 18.2 Å². The van der Waals surface area contributed by atoms with Crippen LogP contribution in [0.1, 0.15) is 18.5 Å². The Labute approximate surface area is 222 Å². The number of ether oxygens (including phenoxy) is 1. The van der Waals surface area contributed by atoms with Crippen molar-refractivity contribution in [3.05, 3.63) is 84.9 Å². The fraction of sp³-hybridized carbons (Fsp3) is 0.276. The van der Waals surface area contributed by atoms with Crippen molar-refractivity contribution in [2.75, 3.05) is 36.9 Å². The zero-order valence-electron chi connectivity index (χ0n) is 21.5. The van der Waals surface area contributed by atoms with Crippen LogP contribution in [0.5, 0.6) is 5.75 Å². The quantitative estimate of drug-likeness (QED) is 0.276. The molecule has 1 aliphatic rings. The summed E-state index contributed by atoms with van der Waals surface area (Å²) in [6.07, 6.45) is 6.28. The Morgan fingerprint density at radius 2 is 1.79 bits per heavy atom. The van der Waals surface area contributed by atoms with Crippen LogP contribution in [0.25, 0.3) is 16.9 Å². The number of aryl methyl sites for hydroxylation is 1. The summed E-state index contributed by atoms with van der Waals surface area (Å²) in [7, 11) is 2.00. The monoisotopic (exact) mass is 508 g/mol. The molecule has 6 rings (SSSR count). The minimum Gasteiger partial charge on any atom is -0.492 e. The van der Waals surface area contributed by atoms with Gasteiger partial charge in [0.05, 0.1) is 24.3 Å². The number of hydrogen-bond donors (Lipinski definition) is 2. The summed E-state index contributed by atoms with van der Waals surface area (Å²) in [4.78, 5) is 11.3. The molecule has 1 saturated heterocycles. The van der Waals surface area contributed by atoms with Gasteiger partial charge in [-0.3, -0.25) is 4.90 Å². The highest BCUT2D eigenvalue weighted by Gasteiger charge is 2.12. The first kappa shape index (κ1) is 24.0. The van der Waals surface area contributed by atoms with E-state index in [0.717, 1.165) is 46.3 Å². The minimum absolute atomic E-state index is 0.547. The molecule has 0 spiro atoms. The Hall–Kier alpha value is -4.37. The van der Waals surface area contributed by atoms with Gasteiger partial charge < -0.3 is 19.9 Å². The second kappa shape index (κ2) is 10.9. The standard InChI is InChI=1S/C29H32N8O/c1-35-21-30-19-25(35)20-31-24-7-4-6-22(18-24)27-8-5-9-28-33-29(34-37(27)28)32-23-10-12-26(13-11-23)38-17-16-36-14-2-3-15-36/h4-13,18-19,21,31H,2-3,14-17,20H2,1H3,(H,32,34). The molecule has 0 aliphatic carbocycles. The summed E-state index contributed by atoms with van der Waals surface area (Å²) in [5.74, 6) is 1.42. The van der Waals surface area contributed by atoms with E-state index in [1.165, 1.54) is 25.9 Å². The normalized spacial score (nSPS) is 13.7. The van der Waals surface area contributed by atoms with Crippen molar-refractivity contribution in [3.8, 4) is 17.0 Å². The predicted molar refractivity (Wildman–Crippen MR) is 150 cm³/mol. The van der Waals surface area contributed by atoms with E-state index in [0.29, 0.717) is 19.1 Å². The summed E-state index contributed by atoms with van der Waals surface area (Å²) in [5, 5.41) is 11.6. The Morgan fingerprint density at radius 1 is 0.947 bits per heavy atom. The molecule has 9 heteroatoms. The summed E-state index contributed by atoms with van der Waals surface area (Å²) in [6, 6.07) is 22.3. The van der Waals surface area contributed by atoms with Gasteiger partial charge in [0.15, 0.2) is 5.65 Å². The van der Waals surface area contributed by atoms with Crippen molar-refractivity contribution >= 4 is 23.0 Å². The number of pyridine rings is 1. The summed E-state index contributed by atoms with van der Waals surface area (Å²) < 4.78 is 9.81. The molecule has 1 aliphatic heterocycles. The Bertz CT molecular complexity index is 1500. The molecule has 2 aromatic carbocycles. The van der Waals surface area contributed by atoms with Crippen molar-refractivity contribution in [1.29, 1.82) is 0 Å². The minimum atomic E-state index is 0.547. The van der Waals surface area contributed by atoms with Crippen LogP contribution in [0.3, 0.4) is 0 Å². The number of aromatic nitrogens is 5. The van der Waals surface area contributed by atoms with Gasteiger partial charge in [0.1, 0.15) is 12.4 Å². The number of fused-ring (bicyclic) bond motifs is 1. The Morgan fingerprint density at radius 3 is 2.61 bits per heavy atom. The molecule has 194 valence electrons. The molecule has 9 nitrogen and oxygen atoms in total.